The minimum absolute atomic E-state index is 0.0331. The van der Waals surface area contributed by atoms with Crippen molar-refractivity contribution < 1.29 is 32.5 Å². The zero-order valence-electron chi connectivity index (χ0n) is 17.6. The molecule has 0 bridgehead atoms. The number of dihydropyridines is 1. The number of allylic oxidation sites excluding steroid dienone is 2. The Bertz CT molecular complexity index is 1080. The number of halogens is 3. The van der Waals surface area contributed by atoms with Gasteiger partial charge in [0.2, 0.25) is 0 Å². The molecule has 2 unspecified atom stereocenters. The molecule has 5 rings (SSSR count). The third-order valence-corrected chi connectivity index (χ3v) is 6.44. The number of nitrogens with zero attached hydrogens (tertiary/aromatic N) is 2. The molecule has 4 heterocycles. The van der Waals surface area contributed by atoms with E-state index >= 15 is 4.39 Å². The van der Waals surface area contributed by atoms with Gasteiger partial charge in [-0.05, 0) is 23.8 Å². The number of rotatable bonds is 4. The number of ether oxygens (including phenoxy) is 2. The van der Waals surface area contributed by atoms with Gasteiger partial charge in [-0.3, -0.25) is 0 Å². The van der Waals surface area contributed by atoms with Crippen molar-refractivity contribution in [1.29, 1.82) is 0 Å². The zero-order valence-corrected chi connectivity index (χ0v) is 17.6. The topological polar surface area (TPSA) is 100 Å². The molecule has 0 radical (unpaired) electrons. The third kappa shape index (κ3) is 3.65. The van der Waals surface area contributed by atoms with Crippen LogP contribution >= 0.6 is 0 Å². The number of nitrogens with two attached hydrogens (primary N) is 1. The van der Waals surface area contributed by atoms with E-state index in [1.54, 1.807) is 4.90 Å². The lowest BCUT2D eigenvalue weighted by atomic mass is 9.95. The maximum Gasteiger partial charge on any atom is 0.333 e. The van der Waals surface area contributed by atoms with Crippen molar-refractivity contribution in [3.8, 4) is 0 Å². The molecule has 0 amide bonds. The molecule has 2 saturated heterocycles. The SMILES string of the molecule is NCC1CN(C2=C(F)C=C3CC(C(=O)O)=CN(c4ccc(F)cc4F)C3N2)CC12OCCO2. The molecule has 2 atom stereocenters. The summed E-state index contributed by atoms with van der Waals surface area (Å²) in [6.45, 7) is 1.76. The summed E-state index contributed by atoms with van der Waals surface area (Å²) in [5, 5.41) is 12.6. The van der Waals surface area contributed by atoms with E-state index in [0.29, 0.717) is 31.4 Å². The van der Waals surface area contributed by atoms with Crippen molar-refractivity contribution in [3.63, 3.8) is 0 Å². The Kier molecular flexibility index (Phi) is 5.34. The summed E-state index contributed by atoms with van der Waals surface area (Å²) in [5.74, 6) is -4.37. The van der Waals surface area contributed by atoms with Gasteiger partial charge in [-0.2, -0.15) is 0 Å². The van der Waals surface area contributed by atoms with Crippen LogP contribution in [0.25, 0.3) is 0 Å². The zero-order chi connectivity index (χ0) is 23.3. The van der Waals surface area contributed by atoms with E-state index in [1.165, 1.54) is 23.2 Å². The van der Waals surface area contributed by atoms with Crippen LogP contribution in [0, 0.1) is 17.6 Å². The molecule has 11 heteroatoms. The van der Waals surface area contributed by atoms with E-state index in [-0.39, 0.29) is 42.5 Å². The number of carboxylic acid groups (broad SMARTS) is 1. The molecule has 176 valence electrons. The van der Waals surface area contributed by atoms with Crippen molar-refractivity contribution >= 4 is 11.7 Å². The Hall–Kier alpha value is -3.02. The second-order valence-electron chi connectivity index (χ2n) is 8.42. The number of likely N-dealkylation sites (tertiary alicyclic amines) is 1. The second kappa shape index (κ2) is 8.08. The Morgan fingerprint density at radius 2 is 2.03 bits per heavy atom. The van der Waals surface area contributed by atoms with Gasteiger partial charge in [0.15, 0.2) is 11.6 Å². The number of carbonyl (C=O) groups is 1. The van der Waals surface area contributed by atoms with Gasteiger partial charge in [0.1, 0.15) is 23.6 Å². The fraction of sp³-hybridized carbons (Fsp3) is 0.409. The highest BCUT2D eigenvalue weighted by Crippen LogP contribution is 2.40. The molecule has 1 spiro atoms. The molecule has 8 nitrogen and oxygen atoms in total. The minimum atomic E-state index is -1.21. The van der Waals surface area contributed by atoms with Crippen molar-refractivity contribution in [1.82, 2.24) is 10.2 Å². The third-order valence-electron chi connectivity index (χ3n) is 6.44. The van der Waals surface area contributed by atoms with Gasteiger partial charge in [-0.15, -0.1) is 0 Å². The molecular formula is C22H23F3N4O4. The van der Waals surface area contributed by atoms with E-state index in [2.05, 4.69) is 5.32 Å². The number of carboxylic acids is 1. The lowest BCUT2D eigenvalue weighted by molar-refractivity contribution is -0.170. The number of hydrogen-bond donors (Lipinski definition) is 3. The molecule has 33 heavy (non-hydrogen) atoms. The molecule has 2 fully saturated rings. The molecule has 0 aromatic heterocycles. The first-order valence-electron chi connectivity index (χ1n) is 10.6. The number of hydrogen-bond acceptors (Lipinski definition) is 7. The first kappa shape index (κ1) is 21.8. The van der Waals surface area contributed by atoms with Crippen molar-refractivity contribution in [2.24, 2.45) is 11.7 Å². The number of nitrogens with one attached hydrogen (secondary N) is 1. The van der Waals surface area contributed by atoms with Gasteiger partial charge < -0.3 is 35.4 Å². The Morgan fingerprint density at radius 1 is 1.27 bits per heavy atom. The molecule has 4 aliphatic heterocycles. The van der Waals surface area contributed by atoms with E-state index in [0.717, 1.165) is 6.07 Å². The highest BCUT2D eigenvalue weighted by Gasteiger charge is 2.52. The highest BCUT2D eigenvalue weighted by atomic mass is 19.1. The predicted octanol–water partition coefficient (Wildman–Crippen LogP) is 1.77. The summed E-state index contributed by atoms with van der Waals surface area (Å²) in [5.41, 5.74) is 6.23. The average Bonchev–Trinajstić information content (AvgIpc) is 3.39. The van der Waals surface area contributed by atoms with Gasteiger partial charge in [0.25, 0.3) is 0 Å². The van der Waals surface area contributed by atoms with E-state index < -0.39 is 35.4 Å². The molecule has 0 aliphatic carbocycles. The van der Waals surface area contributed by atoms with Gasteiger partial charge in [0, 0.05) is 37.7 Å². The van der Waals surface area contributed by atoms with Crippen LogP contribution in [0.2, 0.25) is 0 Å². The smallest absolute Gasteiger partial charge is 0.333 e. The lowest BCUT2D eigenvalue weighted by Crippen LogP contribution is -2.52. The normalized spacial score (nSPS) is 26.3. The number of benzene rings is 1. The molecular weight excluding hydrogens is 441 g/mol. The number of aliphatic carboxylic acids is 1. The molecule has 1 aromatic carbocycles. The quantitative estimate of drug-likeness (QED) is 0.620. The van der Waals surface area contributed by atoms with Crippen molar-refractivity contribution in [2.45, 2.75) is 18.4 Å². The Labute approximate surface area is 187 Å². The average molecular weight is 464 g/mol. The summed E-state index contributed by atoms with van der Waals surface area (Å²) in [6.07, 6.45) is 1.74. The van der Waals surface area contributed by atoms with Crippen molar-refractivity contribution in [2.75, 3.05) is 37.7 Å². The monoisotopic (exact) mass is 464 g/mol. The molecule has 4 aliphatic rings. The van der Waals surface area contributed by atoms with Crippen LogP contribution in [0.3, 0.4) is 0 Å². The summed E-state index contributed by atoms with van der Waals surface area (Å²) < 4.78 is 55.0. The van der Waals surface area contributed by atoms with E-state index in [1.807, 2.05) is 0 Å². The molecule has 4 N–H and O–H groups in total. The second-order valence-corrected chi connectivity index (χ2v) is 8.42. The fourth-order valence-corrected chi connectivity index (χ4v) is 4.86. The van der Waals surface area contributed by atoms with Crippen molar-refractivity contribution in [3.05, 3.63) is 64.9 Å². The standard InChI is InChI=1S/C22H23F3N4O4/c23-15-1-2-18(16(24)7-15)29-9-13(21(30)31)5-12-6-17(25)20(27-19(12)29)28-10-14(8-26)22(11-28)32-3-4-33-22/h1-2,6-7,9,14,19,27H,3-5,8,10-11,26H2,(H,30,31). The predicted molar refractivity (Wildman–Crippen MR) is 111 cm³/mol. The lowest BCUT2D eigenvalue weighted by Gasteiger charge is -2.41. The first-order valence-corrected chi connectivity index (χ1v) is 10.6. The summed E-state index contributed by atoms with van der Waals surface area (Å²) >= 11 is 0. The maximum absolute atomic E-state index is 15.2. The van der Waals surface area contributed by atoms with Crippen LogP contribution in [0.4, 0.5) is 18.9 Å². The largest absolute Gasteiger partial charge is 0.478 e. The number of anilines is 1. The van der Waals surface area contributed by atoms with Gasteiger partial charge in [0.05, 0.1) is 31.0 Å². The summed E-state index contributed by atoms with van der Waals surface area (Å²) in [6, 6.07) is 3.01. The summed E-state index contributed by atoms with van der Waals surface area (Å²) in [7, 11) is 0. The van der Waals surface area contributed by atoms with Crippen LogP contribution in [0.1, 0.15) is 6.42 Å². The summed E-state index contributed by atoms with van der Waals surface area (Å²) in [4.78, 5) is 14.7. The van der Waals surface area contributed by atoms with E-state index in [4.69, 9.17) is 15.2 Å². The first-order chi connectivity index (χ1) is 15.8. The number of fused-ring (bicyclic) bond motifs is 1. The van der Waals surface area contributed by atoms with E-state index in [9.17, 15) is 18.7 Å². The molecule has 1 aromatic rings. The van der Waals surface area contributed by atoms with Gasteiger partial charge >= 0.3 is 5.97 Å². The molecule has 0 saturated carbocycles. The van der Waals surface area contributed by atoms with Gasteiger partial charge in [-0.25, -0.2) is 18.0 Å². The minimum Gasteiger partial charge on any atom is -0.478 e. The van der Waals surface area contributed by atoms with Crippen LogP contribution in [-0.2, 0) is 14.3 Å². The fourth-order valence-electron chi connectivity index (χ4n) is 4.86. The van der Waals surface area contributed by atoms with Crippen LogP contribution in [-0.4, -0.2) is 60.8 Å². The highest BCUT2D eigenvalue weighted by molar-refractivity contribution is 5.88. The Balaban J connectivity index is 1.50. The van der Waals surface area contributed by atoms with Crippen LogP contribution in [0.15, 0.2) is 53.3 Å². The Morgan fingerprint density at radius 3 is 2.70 bits per heavy atom. The van der Waals surface area contributed by atoms with Crippen LogP contribution in [0.5, 0.6) is 0 Å². The van der Waals surface area contributed by atoms with Gasteiger partial charge in [-0.1, -0.05) is 0 Å². The maximum atomic E-state index is 15.2. The van der Waals surface area contributed by atoms with Crippen LogP contribution < -0.4 is 16.0 Å².